The summed E-state index contributed by atoms with van der Waals surface area (Å²) in [6, 6.07) is 7.48. The van der Waals surface area contributed by atoms with Crippen LogP contribution >= 0.6 is 12.4 Å². The Hall–Kier alpha value is -1.69. The summed E-state index contributed by atoms with van der Waals surface area (Å²) in [6.45, 7) is 1.57. The average molecular weight is 278 g/mol. The summed E-state index contributed by atoms with van der Waals surface area (Å²) in [5.41, 5.74) is 6.13. The van der Waals surface area contributed by atoms with Gasteiger partial charge in [-0.3, -0.25) is 0 Å². The van der Waals surface area contributed by atoms with E-state index in [2.05, 4.69) is 5.10 Å². The highest BCUT2D eigenvalue weighted by molar-refractivity contribution is 5.85. The Labute approximate surface area is 108 Å². The van der Waals surface area contributed by atoms with E-state index in [4.69, 9.17) is 5.73 Å². The maximum atomic E-state index is 12.5. The molecule has 0 amide bonds. The van der Waals surface area contributed by atoms with Crippen molar-refractivity contribution in [2.24, 2.45) is 0 Å². The Balaban J connectivity index is 0.00000162. The third-order valence-electron chi connectivity index (χ3n) is 2.32. The van der Waals surface area contributed by atoms with Gasteiger partial charge in [0.15, 0.2) is 5.69 Å². The summed E-state index contributed by atoms with van der Waals surface area (Å²) >= 11 is 0. The number of anilines is 1. The Morgan fingerprint density at radius 1 is 1.17 bits per heavy atom. The molecule has 2 aromatic rings. The van der Waals surface area contributed by atoms with Gasteiger partial charge in [-0.25, -0.2) is 4.68 Å². The summed E-state index contributed by atoms with van der Waals surface area (Å²) < 4.78 is 38.6. The molecule has 0 spiro atoms. The van der Waals surface area contributed by atoms with E-state index in [0.717, 1.165) is 6.07 Å². The SMILES string of the molecule is Cc1cc(C(F)(F)F)nn1-c1ccc(N)cc1.Cl. The van der Waals surface area contributed by atoms with E-state index in [1.807, 2.05) is 0 Å². The van der Waals surface area contributed by atoms with Gasteiger partial charge in [0, 0.05) is 11.4 Å². The predicted molar refractivity (Wildman–Crippen MR) is 65.0 cm³/mol. The molecule has 0 fully saturated rings. The third-order valence-corrected chi connectivity index (χ3v) is 2.32. The van der Waals surface area contributed by atoms with Gasteiger partial charge >= 0.3 is 6.18 Å². The minimum absolute atomic E-state index is 0. The number of halogens is 4. The highest BCUT2D eigenvalue weighted by atomic mass is 35.5. The van der Waals surface area contributed by atoms with Gasteiger partial charge in [0.25, 0.3) is 0 Å². The van der Waals surface area contributed by atoms with Crippen molar-refractivity contribution in [3.63, 3.8) is 0 Å². The number of hydrogen-bond acceptors (Lipinski definition) is 2. The van der Waals surface area contributed by atoms with Crippen LogP contribution in [-0.2, 0) is 6.18 Å². The van der Waals surface area contributed by atoms with Crippen molar-refractivity contribution >= 4 is 18.1 Å². The van der Waals surface area contributed by atoms with Crippen molar-refractivity contribution in [2.75, 3.05) is 5.73 Å². The first-order valence-electron chi connectivity index (χ1n) is 4.88. The molecular weight excluding hydrogens is 267 g/mol. The molecule has 0 bridgehead atoms. The Bertz CT molecular complexity index is 531. The van der Waals surface area contributed by atoms with Gasteiger partial charge in [0.05, 0.1) is 5.69 Å². The van der Waals surface area contributed by atoms with Crippen LogP contribution in [0.1, 0.15) is 11.4 Å². The van der Waals surface area contributed by atoms with E-state index < -0.39 is 11.9 Å². The van der Waals surface area contributed by atoms with Crippen LogP contribution in [-0.4, -0.2) is 9.78 Å². The lowest BCUT2D eigenvalue weighted by atomic mass is 10.3. The van der Waals surface area contributed by atoms with Gasteiger partial charge < -0.3 is 5.73 Å². The molecule has 0 unspecified atom stereocenters. The minimum Gasteiger partial charge on any atom is -0.399 e. The molecule has 1 aromatic carbocycles. The zero-order chi connectivity index (χ0) is 12.6. The van der Waals surface area contributed by atoms with Gasteiger partial charge in [0.1, 0.15) is 0 Å². The maximum absolute atomic E-state index is 12.5. The lowest BCUT2D eigenvalue weighted by Crippen LogP contribution is -2.07. The van der Waals surface area contributed by atoms with Crippen LogP contribution in [0.4, 0.5) is 18.9 Å². The number of benzene rings is 1. The first-order chi connectivity index (χ1) is 7.88. The number of hydrogen-bond donors (Lipinski definition) is 1. The number of nitrogens with zero attached hydrogens (tertiary/aromatic N) is 2. The quantitative estimate of drug-likeness (QED) is 0.814. The summed E-state index contributed by atoms with van der Waals surface area (Å²) in [5, 5.41) is 3.53. The van der Waals surface area contributed by atoms with Crippen molar-refractivity contribution < 1.29 is 13.2 Å². The molecule has 0 saturated heterocycles. The lowest BCUT2D eigenvalue weighted by Gasteiger charge is -2.04. The number of nitrogen functional groups attached to an aromatic ring is 1. The monoisotopic (exact) mass is 277 g/mol. The number of alkyl halides is 3. The molecule has 0 aliphatic heterocycles. The second-order valence-corrected chi connectivity index (χ2v) is 3.67. The minimum atomic E-state index is -4.43. The van der Waals surface area contributed by atoms with E-state index >= 15 is 0 Å². The molecule has 7 heteroatoms. The highest BCUT2D eigenvalue weighted by Gasteiger charge is 2.34. The van der Waals surface area contributed by atoms with Crippen LogP contribution in [0.15, 0.2) is 30.3 Å². The summed E-state index contributed by atoms with van der Waals surface area (Å²) in [4.78, 5) is 0. The topological polar surface area (TPSA) is 43.8 Å². The molecule has 1 aromatic heterocycles. The molecule has 0 aliphatic rings. The molecule has 0 aliphatic carbocycles. The molecule has 0 atom stereocenters. The van der Waals surface area contributed by atoms with Crippen molar-refractivity contribution in [1.29, 1.82) is 0 Å². The number of aromatic nitrogens is 2. The van der Waals surface area contributed by atoms with Crippen LogP contribution in [0.2, 0.25) is 0 Å². The first-order valence-corrected chi connectivity index (χ1v) is 4.88. The Morgan fingerprint density at radius 2 is 1.72 bits per heavy atom. The van der Waals surface area contributed by atoms with E-state index in [0.29, 0.717) is 17.1 Å². The fourth-order valence-electron chi connectivity index (χ4n) is 1.49. The van der Waals surface area contributed by atoms with Crippen LogP contribution in [0.3, 0.4) is 0 Å². The molecule has 0 saturated carbocycles. The molecule has 0 radical (unpaired) electrons. The zero-order valence-electron chi connectivity index (χ0n) is 9.40. The van der Waals surface area contributed by atoms with E-state index in [-0.39, 0.29) is 12.4 Å². The average Bonchev–Trinajstić information content (AvgIpc) is 2.61. The third kappa shape index (κ3) is 2.76. The highest BCUT2D eigenvalue weighted by Crippen LogP contribution is 2.29. The van der Waals surface area contributed by atoms with Gasteiger partial charge in [-0.2, -0.15) is 18.3 Å². The zero-order valence-corrected chi connectivity index (χ0v) is 10.2. The van der Waals surface area contributed by atoms with Crippen molar-refractivity contribution in [1.82, 2.24) is 9.78 Å². The van der Waals surface area contributed by atoms with Crippen molar-refractivity contribution in [3.8, 4) is 5.69 Å². The number of aryl methyl sites for hydroxylation is 1. The van der Waals surface area contributed by atoms with Crippen LogP contribution in [0.5, 0.6) is 0 Å². The summed E-state index contributed by atoms with van der Waals surface area (Å²) in [5.74, 6) is 0. The fraction of sp³-hybridized carbons (Fsp3) is 0.182. The molecule has 2 rings (SSSR count). The molecule has 3 nitrogen and oxygen atoms in total. The predicted octanol–water partition coefficient (Wildman–Crippen LogP) is 3.20. The molecule has 2 N–H and O–H groups in total. The summed E-state index contributed by atoms with van der Waals surface area (Å²) in [6.07, 6.45) is -4.43. The molecule has 98 valence electrons. The van der Waals surface area contributed by atoms with Gasteiger partial charge in [-0.1, -0.05) is 0 Å². The van der Waals surface area contributed by atoms with Crippen LogP contribution in [0.25, 0.3) is 5.69 Å². The molecular formula is C11H11ClF3N3. The fourth-order valence-corrected chi connectivity index (χ4v) is 1.49. The normalized spacial score (nSPS) is 11.1. The van der Waals surface area contributed by atoms with Gasteiger partial charge in [-0.15, -0.1) is 12.4 Å². The molecule has 1 heterocycles. The van der Waals surface area contributed by atoms with E-state index in [1.165, 1.54) is 4.68 Å². The Morgan fingerprint density at radius 3 is 2.17 bits per heavy atom. The van der Waals surface area contributed by atoms with Crippen LogP contribution in [0, 0.1) is 6.92 Å². The first kappa shape index (κ1) is 14.4. The number of rotatable bonds is 1. The van der Waals surface area contributed by atoms with E-state index in [9.17, 15) is 13.2 Å². The standard InChI is InChI=1S/C11H10F3N3.ClH/c1-7-6-10(11(12,13)14)16-17(7)9-4-2-8(15)3-5-9;/h2-6H,15H2,1H3;1H. The maximum Gasteiger partial charge on any atom is 0.435 e. The van der Waals surface area contributed by atoms with Gasteiger partial charge in [-0.05, 0) is 37.3 Å². The number of nitrogens with two attached hydrogens (primary N) is 1. The molecule has 18 heavy (non-hydrogen) atoms. The van der Waals surface area contributed by atoms with Crippen molar-refractivity contribution in [2.45, 2.75) is 13.1 Å². The van der Waals surface area contributed by atoms with Crippen molar-refractivity contribution in [3.05, 3.63) is 41.7 Å². The largest absolute Gasteiger partial charge is 0.435 e. The van der Waals surface area contributed by atoms with Gasteiger partial charge in [0.2, 0.25) is 0 Å². The summed E-state index contributed by atoms with van der Waals surface area (Å²) in [7, 11) is 0. The lowest BCUT2D eigenvalue weighted by molar-refractivity contribution is -0.141. The second-order valence-electron chi connectivity index (χ2n) is 3.67. The Kier molecular flexibility index (Phi) is 3.91. The van der Waals surface area contributed by atoms with E-state index in [1.54, 1.807) is 31.2 Å². The second kappa shape index (κ2) is 4.89. The smallest absolute Gasteiger partial charge is 0.399 e. The van der Waals surface area contributed by atoms with Crippen LogP contribution < -0.4 is 5.73 Å².